The molecule has 5 rings (SSSR count). The van der Waals surface area contributed by atoms with Crippen LogP contribution in [-0.2, 0) is 9.47 Å². The maximum absolute atomic E-state index is 11.3. The number of aliphatic hydroxyl groups excluding tert-OH is 2. The minimum absolute atomic E-state index is 0.341. The van der Waals surface area contributed by atoms with E-state index in [1.54, 1.807) is 0 Å². The fourth-order valence-electron chi connectivity index (χ4n) is 13.6. The molecular formula is C37H64N2O6. The Bertz CT molecular complexity index is 1110. The highest BCUT2D eigenvalue weighted by molar-refractivity contribution is 5.65. The van der Waals surface area contributed by atoms with Crippen LogP contribution in [0.4, 0.5) is 9.59 Å². The van der Waals surface area contributed by atoms with Crippen LogP contribution in [0.15, 0.2) is 0 Å². The zero-order valence-electron chi connectivity index (χ0n) is 29.3. The number of amides is 2. The lowest BCUT2D eigenvalue weighted by molar-refractivity contribution is -0.241. The van der Waals surface area contributed by atoms with Crippen LogP contribution in [0.1, 0.15) is 132 Å². The summed E-state index contributed by atoms with van der Waals surface area (Å²) in [6.45, 7) is 17.7. The number of carbonyl (C=O) groups excluding carboxylic acids is 2. The molecule has 258 valence electrons. The number of ether oxygens (including phenoxy) is 2. The normalized spacial score (nSPS) is 44.6. The molecule has 2 amide bonds. The largest absolute Gasteiger partial charge is 0.446 e. The Morgan fingerprint density at radius 2 is 1.38 bits per heavy atom. The molecule has 6 N–H and O–H groups in total. The predicted octanol–water partition coefficient (Wildman–Crippen LogP) is 7.18. The molecule has 3 unspecified atom stereocenters. The van der Waals surface area contributed by atoms with Gasteiger partial charge in [0.2, 0.25) is 0 Å². The summed E-state index contributed by atoms with van der Waals surface area (Å²) in [6, 6.07) is 0. The average Bonchev–Trinajstić information content (AvgIpc) is 3.30. The zero-order valence-corrected chi connectivity index (χ0v) is 29.3. The Hall–Kier alpha value is -1.54. The van der Waals surface area contributed by atoms with Crippen molar-refractivity contribution in [1.82, 2.24) is 0 Å². The van der Waals surface area contributed by atoms with E-state index in [9.17, 15) is 19.8 Å². The second-order valence-corrected chi connectivity index (χ2v) is 18.0. The van der Waals surface area contributed by atoms with E-state index in [2.05, 4.69) is 48.5 Å². The Labute approximate surface area is 272 Å². The van der Waals surface area contributed by atoms with Crippen LogP contribution in [0.25, 0.3) is 0 Å². The number of nitrogens with two attached hydrogens (primary N) is 2. The van der Waals surface area contributed by atoms with Crippen molar-refractivity contribution in [2.75, 3.05) is 6.61 Å². The maximum Gasteiger partial charge on any atom is 0.404 e. The number of aliphatic hydroxyl groups is 2. The molecule has 0 aromatic heterocycles. The molecule has 8 heteroatoms. The van der Waals surface area contributed by atoms with E-state index in [0.29, 0.717) is 51.2 Å². The summed E-state index contributed by atoms with van der Waals surface area (Å²) >= 11 is 0. The number of hydrogen-bond donors (Lipinski definition) is 4. The number of primary amides is 2. The Morgan fingerprint density at radius 3 is 2.00 bits per heavy atom. The zero-order chi connectivity index (χ0) is 33.2. The molecular weight excluding hydrogens is 568 g/mol. The van der Waals surface area contributed by atoms with E-state index in [4.69, 9.17) is 20.9 Å². The van der Waals surface area contributed by atoms with Crippen LogP contribution < -0.4 is 11.5 Å². The van der Waals surface area contributed by atoms with Gasteiger partial charge in [-0.2, -0.15) is 0 Å². The van der Waals surface area contributed by atoms with Crippen molar-refractivity contribution in [2.24, 2.45) is 74.0 Å². The summed E-state index contributed by atoms with van der Waals surface area (Å²) in [4.78, 5) is 22.4. The van der Waals surface area contributed by atoms with E-state index >= 15 is 0 Å². The lowest BCUT2D eigenvalue weighted by atomic mass is 9.32. The van der Waals surface area contributed by atoms with E-state index in [0.717, 1.165) is 24.2 Å². The highest BCUT2D eigenvalue weighted by Crippen LogP contribution is 2.78. The Morgan fingerprint density at radius 1 is 0.756 bits per heavy atom. The van der Waals surface area contributed by atoms with Crippen molar-refractivity contribution in [3.8, 4) is 0 Å². The first-order chi connectivity index (χ1) is 20.9. The molecule has 5 saturated carbocycles. The van der Waals surface area contributed by atoms with Crippen LogP contribution in [0.5, 0.6) is 0 Å². The summed E-state index contributed by atoms with van der Waals surface area (Å²) in [5, 5.41) is 21.6. The van der Waals surface area contributed by atoms with Crippen LogP contribution in [0, 0.1) is 62.6 Å². The van der Waals surface area contributed by atoms with Crippen molar-refractivity contribution in [3.63, 3.8) is 0 Å². The fraction of sp³-hybridized carbons (Fsp3) is 0.946. The average molecular weight is 633 g/mol. The third-order valence-electron chi connectivity index (χ3n) is 15.8. The molecule has 0 bridgehead atoms. The minimum Gasteiger partial charge on any atom is -0.446 e. The van der Waals surface area contributed by atoms with Gasteiger partial charge in [-0.3, -0.25) is 0 Å². The van der Waals surface area contributed by atoms with E-state index in [-0.39, 0.29) is 0 Å². The van der Waals surface area contributed by atoms with Crippen LogP contribution in [0.3, 0.4) is 0 Å². The van der Waals surface area contributed by atoms with Crippen molar-refractivity contribution in [1.29, 1.82) is 0 Å². The lowest BCUT2D eigenvalue weighted by Gasteiger charge is -2.73. The minimum atomic E-state index is -1.43. The Kier molecular flexibility index (Phi) is 9.40. The highest BCUT2D eigenvalue weighted by atomic mass is 16.6. The third-order valence-corrected chi connectivity index (χ3v) is 15.8. The molecule has 0 spiro atoms. The SMILES string of the molecule is CC(CCC(O)[C@@H](O)C(COC(N)=O)OC(N)=O)[C@H]1CC[C@]2(C)[C@H]3CC[C@@H]4[C@@]5(C)CCCC(C)(C)[C@@H]5CC[C@@]4(C)[C@]3(C)CC[C@@H]12. The second-order valence-electron chi connectivity index (χ2n) is 18.0. The van der Waals surface area contributed by atoms with E-state index in [1.165, 1.54) is 70.6 Å². The molecule has 0 heterocycles. The van der Waals surface area contributed by atoms with E-state index in [1.807, 2.05) is 0 Å². The quantitative estimate of drug-likeness (QED) is 0.212. The van der Waals surface area contributed by atoms with Crippen LogP contribution in [-0.4, -0.2) is 47.3 Å². The molecule has 0 radical (unpaired) electrons. The summed E-state index contributed by atoms with van der Waals surface area (Å²) in [5.41, 5.74) is 12.2. The smallest absolute Gasteiger partial charge is 0.404 e. The monoisotopic (exact) mass is 632 g/mol. The van der Waals surface area contributed by atoms with Gasteiger partial charge in [-0.15, -0.1) is 0 Å². The van der Waals surface area contributed by atoms with Gasteiger partial charge in [-0.05, 0) is 140 Å². The van der Waals surface area contributed by atoms with Crippen molar-refractivity contribution in [3.05, 3.63) is 0 Å². The summed E-state index contributed by atoms with van der Waals surface area (Å²) < 4.78 is 9.64. The van der Waals surface area contributed by atoms with Gasteiger partial charge in [0.25, 0.3) is 0 Å². The number of rotatable bonds is 9. The summed E-state index contributed by atoms with van der Waals surface area (Å²) in [6.07, 6.45) is 9.93. The second kappa shape index (κ2) is 12.2. The first kappa shape index (κ1) is 34.8. The molecule has 0 aliphatic heterocycles. The molecule has 0 saturated heterocycles. The van der Waals surface area contributed by atoms with E-state index < -0.39 is 37.1 Å². The number of carbonyl (C=O) groups is 2. The van der Waals surface area contributed by atoms with Crippen molar-refractivity contribution in [2.45, 2.75) is 150 Å². The van der Waals surface area contributed by atoms with Gasteiger partial charge in [0.15, 0.2) is 6.10 Å². The van der Waals surface area contributed by atoms with Gasteiger partial charge in [0.1, 0.15) is 12.7 Å². The van der Waals surface area contributed by atoms with Crippen molar-refractivity contribution >= 4 is 12.2 Å². The molecule has 13 atom stereocenters. The number of fused-ring (bicyclic) bond motifs is 7. The van der Waals surface area contributed by atoms with Gasteiger partial charge >= 0.3 is 12.2 Å². The van der Waals surface area contributed by atoms with Crippen molar-refractivity contribution < 1.29 is 29.3 Å². The standard InChI is InChI=1S/C37H64N2O6/c1-22(9-10-25(40)30(41)26(45-32(39)43)21-44-31(38)42)23-13-18-34(4)24(23)14-19-36(6)28(34)11-12-29-35(5)17-8-16-33(2,3)27(35)15-20-37(29,36)7/h22-30,40-41H,8-21H2,1-7H3,(H2,38,42)(H2,39,43)/t22?,23-,24+,25?,26?,27+,28-,29-,30-,34+,35+,36-,37-/m1/s1. The molecule has 45 heavy (non-hydrogen) atoms. The predicted molar refractivity (Wildman–Crippen MR) is 175 cm³/mol. The Balaban J connectivity index is 1.26. The molecule has 0 aromatic rings. The lowest BCUT2D eigenvalue weighted by Crippen LogP contribution is -2.65. The van der Waals surface area contributed by atoms with Crippen LogP contribution >= 0.6 is 0 Å². The third kappa shape index (κ3) is 5.70. The maximum atomic E-state index is 11.3. The topological polar surface area (TPSA) is 145 Å². The highest BCUT2D eigenvalue weighted by Gasteiger charge is 2.70. The van der Waals surface area contributed by atoms with Gasteiger partial charge in [-0.25, -0.2) is 9.59 Å². The fourth-order valence-corrected chi connectivity index (χ4v) is 13.6. The first-order valence-electron chi connectivity index (χ1n) is 18.1. The first-order valence-corrected chi connectivity index (χ1v) is 18.1. The molecule has 0 aromatic carbocycles. The molecule has 5 fully saturated rings. The number of hydrogen-bond acceptors (Lipinski definition) is 6. The molecule has 5 aliphatic rings. The van der Waals surface area contributed by atoms with Gasteiger partial charge in [-0.1, -0.05) is 54.9 Å². The summed E-state index contributed by atoms with van der Waals surface area (Å²) in [7, 11) is 0. The molecule has 5 aliphatic carbocycles. The van der Waals surface area contributed by atoms with Gasteiger partial charge in [0.05, 0.1) is 6.10 Å². The van der Waals surface area contributed by atoms with Crippen LogP contribution in [0.2, 0.25) is 0 Å². The van der Waals surface area contributed by atoms with Gasteiger partial charge < -0.3 is 31.2 Å². The molecule has 8 nitrogen and oxygen atoms in total. The van der Waals surface area contributed by atoms with Gasteiger partial charge in [0, 0.05) is 0 Å². The summed E-state index contributed by atoms with van der Waals surface area (Å²) in [5.74, 6) is 4.10.